The molecule has 0 bridgehead atoms. The topological polar surface area (TPSA) is 76.2 Å². The highest BCUT2D eigenvalue weighted by atomic mass is 32.1. The number of aromatic amines is 1. The van der Waals surface area contributed by atoms with E-state index in [1.165, 1.54) is 10.6 Å². The SMILES string of the molecule is NCCc1cc(=O)n2[nH]c(-c3cccs3)cc2n1. The van der Waals surface area contributed by atoms with Gasteiger partial charge in [-0.25, -0.2) is 9.50 Å². The number of rotatable bonds is 3. The predicted octanol–water partition coefficient (Wildman–Crippen LogP) is 1.25. The van der Waals surface area contributed by atoms with E-state index < -0.39 is 0 Å². The van der Waals surface area contributed by atoms with Gasteiger partial charge in [0, 0.05) is 24.2 Å². The van der Waals surface area contributed by atoms with Crippen LogP contribution in [0.25, 0.3) is 16.2 Å². The molecule has 3 rings (SSSR count). The third-order valence-electron chi connectivity index (χ3n) is 2.69. The lowest BCUT2D eigenvalue weighted by atomic mass is 10.3. The lowest BCUT2D eigenvalue weighted by Gasteiger charge is -1.97. The summed E-state index contributed by atoms with van der Waals surface area (Å²) in [7, 11) is 0. The molecule has 0 spiro atoms. The largest absolute Gasteiger partial charge is 0.330 e. The molecule has 0 saturated heterocycles. The maximum atomic E-state index is 11.9. The van der Waals surface area contributed by atoms with Gasteiger partial charge in [0.2, 0.25) is 0 Å². The Labute approximate surface area is 107 Å². The molecule has 92 valence electrons. The van der Waals surface area contributed by atoms with Crippen molar-refractivity contribution in [2.45, 2.75) is 6.42 Å². The van der Waals surface area contributed by atoms with E-state index in [2.05, 4.69) is 10.1 Å². The van der Waals surface area contributed by atoms with E-state index in [1.807, 2.05) is 23.6 Å². The Kier molecular flexibility index (Phi) is 2.73. The number of H-pyrrole nitrogens is 1. The van der Waals surface area contributed by atoms with Gasteiger partial charge in [-0.05, 0) is 18.0 Å². The Morgan fingerprint density at radius 1 is 1.44 bits per heavy atom. The van der Waals surface area contributed by atoms with Crippen LogP contribution >= 0.6 is 11.3 Å². The van der Waals surface area contributed by atoms with E-state index in [-0.39, 0.29) is 5.56 Å². The number of hydrogen-bond donors (Lipinski definition) is 2. The molecular weight excluding hydrogens is 248 g/mol. The van der Waals surface area contributed by atoms with E-state index in [9.17, 15) is 4.79 Å². The van der Waals surface area contributed by atoms with Crippen LogP contribution in [0.4, 0.5) is 0 Å². The average Bonchev–Trinajstić information content (AvgIpc) is 2.97. The molecule has 0 atom stereocenters. The van der Waals surface area contributed by atoms with Gasteiger partial charge < -0.3 is 5.73 Å². The molecular formula is C12H12N4OS. The first-order valence-corrected chi connectivity index (χ1v) is 6.51. The Morgan fingerprint density at radius 3 is 3.06 bits per heavy atom. The minimum atomic E-state index is -0.105. The summed E-state index contributed by atoms with van der Waals surface area (Å²) in [6, 6.07) is 7.38. The molecule has 0 radical (unpaired) electrons. The first-order chi connectivity index (χ1) is 8.78. The summed E-state index contributed by atoms with van der Waals surface area (Å²) < 4.78 is 1.45. The second-order valence-electron chi connectivity index (χ2n) is 3.97. The highest BCUT2D eigenvalue weighted by Crippen LogP contribution is 2.23. The highest BCUT2D eigenvalue weighted by Gasteiger charge is 2.07. The fraction of sp³-hybridized carbons (Fsp3) is 0.167. The van der Waals surface area contributed by atoms with Crippen molar-refractivity contribution in [3.05, 3.63) is 45.7 Å². The Bertz CT molecular complexity index is 726. The molecule has 3 N–H and O–H groups in total. The van der Waals surface area contributed by atoms with Crippen LogP contribution in [0.5, 0.6) is 0 Å². The Morgan fingerprint density at radius 2 is 2.33 bits per heavy atom. The summed E-state index contributed by atoms with van der Waals surface area (Å²) >= 11 is 1.62. The van der Waals surface area contributed by atoms with Crippen LogP contribution in [-0.4, -0.2) is 21.1 Å². The second-order valence-corrected chi connectivity index (χ2v) is 4.91. The van der Waals surface area contributed by atoms with Gasteiger partial charge in [0.25, 0.3) is 5.56 Å². The number of fused-ring (bicyclic) bond motifs is 1. The number of nitrogens with two attached hydrogens (primary N) is 1. The van der Waals surface area contributed by atoms with E-state index in [1.54, 1.807) is 11.3 Å². The average molecular weight is 260 g/mol. The molecule has 5 nitrogen and oxygen atoms in total. The van der Waals surface area contributed by atoms with Gasteiger partial charge in [-0.3, -0.25) is 9.89 Å². The zero-order valence-corrected chi connectivity index (χ0v) is 10.4. The van der Waals surface area contributed by atoms with Gasteiger partial charge in [0.05, 0.1) is 10.6 Å². The van der Waals surface area contributed by atoms with Crippen molar-refractivity contribution in [1.82, 2.24) is 14.6 Å². The minimum Gasteiger partial charge on any atom is -0.330 e. The van der Waals surface area contributed by atoms with Gasteiger partial charge in [-0.15, -0.1) is 11.3 Å². The van der Waals surface area contributed by atoms with Crippen molar-refractivity contribution in [3.8, 4) is 10.6 Å². The molecule has 3 aromatic rings. The molecule has 0 aromatic carbocycles. The van der Waals surface area contributed by atoms with Crippen molar-refractivity contribution in [3.63, 3.8) is 0 Å². The molecule has 0 aliphatic heterocycles. The highest BCUT2D eigenvalue weighted by molar-refractivity contribution is 7.13. The number of nitrogens with zero attached hydrogens (tertiary/aromatic N) is 2. The summed E-state index contributed by atoms with van der Waals surface area (Å²) in [5.74, 6) is 0. The minimum absolute atomic E-state index is 0.105. The van der Waals surface area contributed by atoms with Crippen LogP contribution in [0.3, 0.4) is 0 Å². The second kappa shape index (κ2) is 4.40. The van der Waals surface area contributed by atoms with E-state index in [0.29, 0.717) is 18.6 Å². The molecule has 0 unspecified atom stereocenters. The van der Waals surface area contributed by atoms with Crippen molar-refractivity contribution in [2.24, 2.45) is 5.73 Å². The summed E-state index contributed by atoms with van der Waals surface area (Å²) in [5, 5.41) is 5.05. The molecule has 18 heavy (non-hydrogen) atoms. The van der Waals surface area contributed by atoms with Crippen molar-refractivity contribution in [1.29, 1.82) is 0 Å². The van der Waals surface area contributed by atoms with E-state index in [0.717, 1.165) is 16.3 Å². The molecule has 0 fully saturated rings. The van der Waals surface area contributed by atoms with Crippen molar-refractivity contribution in [2.75, 3.05) is 6.54 Å². The molecule has 0 aliphatic carbocycles. The fourth-order valence-electron chi connectivity index (χ4n) is 1.87. The zero-order valence-electron chi connectivity index (χ0n) is 9.59. The molecule has 0 amide bonds. The van der Waals surface area contributed by atoms with Gasteiger partial charge >= 0.3 is 0 Å². The Hall–Kier alpha value is -1.92. The summed E-state index contributed by atoms with van der Waals surface area (Å²) in [6.45, 7) is 0.491. The molecule has 3 heterocycles. The first-order valence-electron chi connectivity index (χ1n) is 5.63. The first kappa shape index (κ1) is 11.2. The van der Waals surface area contributed by atoms with Crippen LogP contribution < -0.4 is 11.3 Å². The van der Waals surface area contributed by atoms with Gasteiger partial charge in [0.1, 0.15) is 0 Å². The monoisotopic (exact) mass is 260 g/mol. The van der Waals surface area contributed by atoms with Crippen LogP contribution in [0.1, 0.15) is 5.69 Å². The fourth-order valence-corrected chi connectivity index (χ4v) is 2.57. The third kappa shape index (κ3) is 1.85. The maximum absolute atomic E-state index is 11.9. The Balaban J connectivity index is 2.17. The third-order valence-corrected chi connectivity index (χ3v) is 3.59. The van der Waals surface area contributed by atoms with Crippen LogP contribution in [0.15, 0.2) is 34.4 Å². The summed E-state index contributed by atoms with van der Waals surface area (Å²) in [4.78, 5) is 17.4. The molecule has 3 aromatic heterocycles. The van der Waals surface area contributed by atoms with Gasteiger partial charge in [-0.1, -0.05) is 6.07 Å². The standard InChI is InChI=1S/C12H12N4OS/c13-4-3-8-6-12(17)16-11(14-8)7-9(15-16)10-2-1-5-18-10/h1-2,5-7,15H,3-4,13H2. The predicted molar refractivity (Wildman–Crippen MR) is 71.9 cm³/mol. The smallest absolute Gasteiger partial charge is 0.272 e. The number of thiophene rings is 1. The normalized spacial score (nSPS) is 11.2. The lowest BCUT2D eigenvalue weighted by Crippen LogP contribution is -2.17. The van der Waals surface area contributed by atoms with Crippen LogP contribution in [0.2, 0.25) is 0 Å². The van der Waals surface area contributed by atoms with Gasteiger partial charge in [0.15, 0.2) is 5.65 Å². The van der Waals surface area contributed by atoms with Gasteiger partial charge in [-0.2, -0.15) is 0 Å². The van der Waals surface area contributed by atoms with Crippen LogP contribution in [-0.2, 0) is 6.42 Å². The number of aromatic nitrogens is 3. The van der Waals surface area contributed by atoms with E-state index >= 15 is 0 Å². The van der Waals surface area contributed by atoms with Crippen molar-refractivity contribution < 1.29 is 0 Å². The zero-order chi connectivity index (χ0) is 12.5. The molecule has 0 aliphatic rings. The quantitative estimate of drug-likeness (QED) is 0.744. The maximum Gasteiger partial charge on any atom is 0.272 e. The summed E-state index contributed by atoms with van der Waals surface area (Å²) in [6.07, 6.45) is 0.616. The molecule has 6 heteroatoms. The molecule has 0 saturated carbocycles. The van der Waals surface area contributed by atoms with E-state index in [4.69, 9.17) is 5.73 Å². The van der Waals surface area contributed by atoms with Crippen LogP contribution in [0, 0.1) is 0 Å². The lowest BCUT2D eigenvalue weighted by molar-refractivity contribution is 0.859. The summed E-state index contributed by atoms with van der Waals surface area (Å²) in [5.41, 5.74) is 7.65. The number of hydrogen-bond acceptors (Lipinski definition) is 4. The van der Waals surface area contributed by atoms with Crippen molar-refractivity contribution >= 4 is 17.0 Å². The number of nitrogens with one attached hydrogen (secondary N) is 1.